The lowest BCUT2D eigenvalue weighted by Gasteiger charge is -2.37. The second kappa shape index (κ2) is 18.8. The summed E-state index contributed by atoms with van der Waals surface area (Å²) in [6.45, 7) is 14.0. The van der Waals surface area contributed by atoms with Gasteiger partial charge in [-0.15, -0.1) is 0 Å². The number of anilines is 1. The molecule has 6 aromatic carbocycles. The van der Waals surface area contributed by atoms with E-state index in [4.69, 9.17) is 9.16 Å². The number of hydrogen-bond acceptors (Lipinski definition) is 5. The van der Waals surface area contributed by atoms with E-state index in [1.54, 1.807) is 0 Å². The van der Waals surface area contributed by atoms with Crippen molar-refractivity contribution in [3.8, 4) is 16.9 Å². The van der Waals surface area contributed by atoms with E-state index in [0.717, 1.165) is 51.1 Å². The Morgan fingerprint density at radius 2 is 1.18 bits per heavy atom. The summed E-state index contributed by atoms with van der Waals surface area (Å²) >= 11 is 0. The standard InChI is InChI=1S/C53H59N3O4Si/c1-38-28-30-41(31-29-38)53(39-19-9-7-10-20-39,40-21-11-8-12-22-40)54-36-18-17-27-49(50(57)55-42-32-34-43(35-33-42)60-61(5,6)52(2,3)4)56-51(58)59-37-48-46-25-15-13-23-44(46)45-24-14-16-26-47(45)48/h7-16,19-26,28-35,48-49,54H,17-18,27,36-37H2,1-6H3,(H,55,57)(H,56,58)/t49-/m0/s1. The van der Waals surface area contributed by atoms with Crippen molar-refractivity contribution in [1.29, 1.82) is 0 Å². The van der Waals surface area contributed by atoms with Gasteiger partial charge in [0.25, 0.3) is 0 Å². The third kappa shape index (κ3) is 9.82. The van der Waals surface area contributed by atoms with Crippen LogP contribution in [0, 0.1) is 6.92 Å². The van der Waals surface area contributed by atoms with Gasteiger partial charge in [-0.2, -0.15) is 0 Å². The lowest BCUT2D eigenvalue weighted by molar-refractivity contribution is -0.118. The molecule has 0 aliphatic heterocycles. The largest absolute Gasteiger partial charge is 0.544 e. The molecule has 3 N–H and O–H groups in total. The number of nitrogens with one attached hydrogen (secondary N) is 3. The first-order chi connectivity index (χ1) is 29.4. The number of hydrogen-bond donors (Lipinski definition) is 3. The van der Waals surface area contributed by atoms with Crippen LogP contribution in [0.5, 0.6) is 5.75 Å². The Labute approximate surface area is 363 Å². The highest BCUT2D eigenvalue weighted by Gasteiger charge is 2.39. The Bertz CT molecular complexity index is 2310. The molecule has 0 aromatic heterocycles. The summed E-state index contributed by atoms with van der Waals surface area (Å²) in [5.74, 6) is 0.381. The lowest BCUT2D eigenvalue weighted by atomic mass is 9.76. The van der Waals surface area contributed by atoms with Crippen LogP contribution in [0.2, 0.25) is 18.1 Å². The fourth-order valence-electron chi connectivity index (χ4n) is 8.07. The summed E-state index contributed by atoms with van der Waals surface area (Å²) in [4.78, 5) is 27.7. The van der Waals surface area contributed by atoms with Crippen LogP contribution < -0.4 is 20.4 Å². The maximum Gasteiger partial charge on any atom is 0.407 e. The highest BCUT2D eigenvalue weighted by molar-refractivity contribution is 6.74. The highest BCUT2D eigenvalue weighted by Crippen LogP contribution is 2.45. The molecule has 61 heavy (non-hydrogen) atoms. The Balaban J connectivity index is 1.06. The summed E-state index contributed by atoms with van der Waals surface area (Å²) in [6.07, 6.45) is 1.22. The zero-order valence-corrected chi connectivity index (χ0v) is 37.3. The quantitative estimate of drug-likeness (QED) is 0.0514. The van der Waals surface area contributed by atoms with Gasteiger partial charge in [-0.1, -0.05) is 160 Å². The fourth-order valence-corrected chi connectivity index (χ4v) is 9.10. The first kappa shape index (κ1) is 43.1. The fraction of sp³-hybridized carbons (Fsp3) is 0.283. The molecule has 8 heteroatoms. The van der Waals surface area contributed by atoms with Crippen LogP contribution in [-0.2, 0) is 15.1 Å². The summed E-state index contributed by atoms with van der Waals surface area (Å²) in [5.41, 5.74) is 9.22. The van der Waals surface area contributed by atoms with Gasteiger partial charge < -0.3 is 19.8 Å². The van der Waals surface area contributed by atoms with Gasteiger partial charge in [-0.05, 0) is 114 Å². The zero-order chi connectivity index (χ0) is 43.0. The van der Waals surface area contributed by atoms with Gasteiger partial charge in [0, 0.05) is 11.6 Å². The number of fused-ring (bicyclic) bond motifs is 3. The van der Waals surface area contributed by atoms with Gasteiger partial charge in [0.15, 0.2) is 0 Å². The van der Waals surface area contributed by atoms with E-state index in [-0.39, 0.29) is 23.5 Å². The molecule has 7 nitrogen and oxygen atoms in total. The summed E-state index contributed by atoms with van der Waals surface area (Å²) in [5, 5.41) is 10.0. The number of carbonyl (C=O) groups is 2. The molecule has 6 aromatic rings. The minimum absolute atomic E-state index is 0.0543. The molecule has 1 atom stereocenters. The van der Waals surface area contributed by atoms with Crippen molar-refractivity contribution in [2.75, 3.05) is 18.5 Å². The minimum atomic E-state index is -2.04. The molecule has 1 aliphatic rings. The Hall–Kier alpha value is -5.96. The average Bonchev–Trinajstić information content (AvgIpc) is 3.58. The third-order valence-electron chi connectivity index (χ3n) is 12.5. The van der Waals surface area contributed by atoms with Crippen LogP contribution in [-0.4, -0.2) is 39.5 Å². The molecule has 0 heterocycles. The molecule has 0 saturated heterocycles. The molecule has 0 bridgehead atoms. The average molecular weight is 830 g/mol. The van der Waals surface area contributed by atoms with Crippen LogP contribution in [0.3, 0.4) is 0 Å². The predicted octanol–water partition coefficient (Wildman–Crippen LogP) is 12.0. The molecular formula is C53H59N3O4Si. The summed E-state index contributed by atoms with van der Waals surface area (Å²) in [7, 11) is -2.04. The molecule has 0 saturated carbocycles. The minimum Gasteiger partial charge on any atom is -0.544 e. The van der Waals surface area contributed by atoms with Gasteiger partial charge in [0.1, 0.15) is 18.4 Å². The van der Waals surface area contributed by atoms with Crippen LogP contribution >= 0.6 is 0 Å². The number of aryl methyl sites for hydroxylation is 1. The van der Waals surface area contributed by atoms with Gasteiger partial charge in [-0.25, -0.2) is 4.79 Å². The summed E-state index contributed by atoms with van der Waals surface area (Å²) in [6, 6.07) is 53.0. The van der Waals surface area contributed by atoms with Crippen LogP contribution in [0.15, 0.2) is 158 Å². The Morgan fingerprint density at radius 1 is 0.656 bits per heavy atom. The number of alkyl carbamates (subject to hydrolysis) is 1. The number of unbranched alkanes of at least 4 members (excludes halogenated alkanes) is 1. The number of carbonyl (C=O) groups excluding carboxylic acids is 2. The van der Waals surface area contributed by atoms with E-state index >= 15 is 0 Å². The molecule has 0 fully saturated rings. The van der Waals surface area contributed by atoms with Crippen LogP contribution in [0.4, 0.5) is 10.5 Å². The zero-order valence-electron chi connectivity index (χ0n) is 36.3. The molecule has 0 spiro atoms. The molecule has 7 rings (SSSR count). The number of benzene rings is 6. The molecule has 1 aliphatic carbocycles. The van der Waals surface area contributed by atoms with E-state index in [9.17, 15) is 9.59 Å². The smallest absolute Gasteiger partial charge is 0.407 e. The van der Waals surface area contributed by atoms with E-state index in [1.807, 2.05) is 60.7 Å². The van der Waals surface area contributed by atoms with E-state index in [1.165, 1.54) is 5.56 Å². The summed E-state index contributed by atoms with van der Waals surface area (Å²) < 4.78 is 12.4. The predicted molar refractivity (Wildman–Crippen MR) is 251 cm³/mol. The van der Waals surface area contributed by atoms with Crippen molar-refractivity contribution in [2.24, 2.45) is 0 Å². The number of ether oxygens (including phenoxy) is 1. The molecule has 0 radical (unpaired) electrons. The molecule has 2 amide bonds. The van der Waals surface area contributed by atoms with Crippen molar-refractivity contribution in [2.45, 2.75) is 82.6 Å². The normalized spacial score (nSPS) is 13.1. The second-order valence-electron chi connectivity index (χ2n) is 17.7. The van der Waals surface area contributed by atoms with Crippen molar-refractivity contribution in [1.82, 2.24) is 10.6 Å². The van der Waals surface area contributed by atoms with Crippen LogP contribution in [0.25, 0.3) is 11.1 Å². The maximum atomic E-state index is 14.1. The topological polar surface area (TPSA) is 88.7 Å². The van der Waals surface area contributed by atoms with Gasteiger partial charge >= 0.3 is 6.09 Å². The monoisotopic (exact) mass is 829 g/mol. The number of rotatable bonds is 16. The maximum absolute atomic E-state index is 14.1. The van der Waals surface area contributed by atoms with Crippen molar-refractivity contribution < 1.29 is 18.8 Å². The van der Waals surface area contributed by atoms with Crippen molar-refractivity contribution in [3.63, 3.8) is 0 Å². The van der Waals surface area contributed by atoms with Crippen molar-refractivity contribution in [3.05, 3.63) is 191 Å². The lowest BCUT2D eigenvalue weighted by Crippen LogP contribution is -2.45. The van der Waals surface area contributed by atoms with Crippen molar-refractivity contribution >= 4 is 26.0 Å². The molecule has 0 unspecified atom stereocenters. The van der Waals surface area contributed by atoms with Gasteiger partial charge in [0.05, 0.1) is 5.54 Å². The molecule has 314 valence electrons. The first-order valence-corrected chi connectivity index (χ1v) is 24.4. The molecular weight excluding hydrogens is 771 g/mol. The SMILES string of the molecule is Cc1ccc(C(NCCCC[C@H](NC(=O)OCC2c3ccccc3-c3ccccc32)C(=O)Nc2ccc(O[Si](C)(C)C(C)(C)C)cc2)(c2ccccc2)c2ccccc2)cc1. The third-order valence-corrected chi connectivity index (χ3v) is 16.8. The van der Waals surface area contributed by atoms with E-state index in [0.29, 0.717) is 25.1 Å². The van der Waals surface area contributed by atoms with Gasteiger partial charge in [0.2, 0.25) is 14.2 Å². The first-order valence-electron chi connectivity index (χ1n) is 21.5. The van der Waals surface area contributed by atoms with E-state index < -0.39 is 26.0 Å². The number of amides is 2. The van der Waals surface area contributed by atoms with Gasteiger partial charge in [-0.3, -0.25) is 10.1 Å². The Morgan fingerprint density at radius 3 is 1.74 bits per heavy atom. The Kier molecular flexibility index (Phi) is 13.3. The highest BCUT2D eigenvalue weighted by atomic mass is 28.4. The second-order valence-corrected chi connectivity index (χ2v) is 22.4. The van der Waals surface area contributed by atoms with E-state index in [2.05, 4.69) is 154 Å². The van der Waals surface area contributed by atoms with Crippen LogP contribution in [0.1, 0.15) is 79.3 Å².